The van der Waals surface area contributed by atoms with Gasteiger partial charge in [0.15, 0.2) is 0 Å². The highest BCUT2D eigenvalue weighted by atomic mass is 79.9. The van der Waals surface area contributed by atoms with Crippen molar-refractivity contribution in [1.29, 1.82) is 0 Å². The van der Waals surface area contributed by atoms with Crippen LogP contribution in [0.25, 0.3) is 0 Å². The Kier molecular flexibility index (Phi) is 4.60. The lowest BCUT2D eigenvalue weighted by Crippen LogP contribution is -2.43. The van der Waals surface area contributed by atoms with Crippen molar-refractivity contribution in [3.05, 3.63) is 28.7 Å². The molecule has 1 aliphatic heterocycles. The Morgan fingerprint density at radius 1 is 1.56 bits per heavy atom. The van der Waals surface area contributed by atoms with Gasteiger partial charge in [-0.25, -0.2) is 4.79 Å². The minimum atomic E-state index is -0.256. The smallest absolute Gasteiger partial charge is 0.414 e. The molecule has 0 saturated carbocycles. The molecule has 0 aliphatic carbocycles. The number of nitrogens with zero attached hydrogens (tertiary/aromatic N) is 1. The zero-order chi connectivity index (χ0) is 13.0. The second kappa shape index (κ2) is 6.20. The SMILES string of the molecule is CNCCC1COC(=O)N(c2cccc(Br)c2)C1. The molecular formula is C13H17BrN2O2. The molecule has 2 rings (SSSR count). The number of nitrogens with one attached hydrogen (secondary N) is 1. The largest absolute Gasteiger partial charge is 0.449 e. The number of carbonyl (C=O) groups is 1. The third kappa shape index (κ3) is 3.23. The molecule has 1 atom stereocenters. The normalized spacial score (nSPS) is 19.8. The van der Waals surface area contributed by atoms with Crippen molar-refractivity contribution in [2.24, 2.45) is 5.92 Å². The lowest BCUT2D eigenvalue weighted by atomic mass is 10.0. The minimum absolute atomic E-state index is 0.256. The van der Waals surface area contributed by atoms with Crippen molar-refractivity contribution in [3.8, 4) is 0 Å². The zero-order valence-electron chi connectivity index (χ0n) is 10.4. The molecule has 1 N–H and O–H groups in total. The van der Waals surface area contributed by atoms with Gasteiger partial charge in [-0.05, 0) is 38.2 Å². The van der Waals surface area contributed by atoms with Gasteiger partial charge in [0.1, 0.15) is 0 Å². The fraction of sp³-hybridized carbons (Fsp3) is 0.462. The molecule has 1 aromatic rings. The number of carbonyl (C=O) groups excluding carboxylic acids is 1. The summed E-state index contributed by atoms with van der Waals surface area (Å²) in [5, 5.41) is 3.12. The van der Waals surface area contributed by atoms with Gasteiger partial charge in [-0.1, -0.05) is 22.0 Å². The second-order valence-corrected chi connectivity index (χ2v) is 5.34. The Morgan fingerprint density at radius 2 is 2.39 bits per heavy atom. The molecule has 1 aromatic carbocycles. The maximum atomic E-state index is 11.8. The first-order chi connectivity index (χ1) is 8.70. The number of halogens is 1. The van der Waals surface area contributed by atoms with Crippen LogP contribution in [-0.4, -0.2) is 32.8 Å². The molecule has 1 fully saturated rings. The lowest BCUT2D eigenvalue weighted by Gasteiger charge is -2.32. The summed E-state index contributed by atoms with van der Waals surface area (Å²) in [5.41, 5.74) is 0.878. The summed E-state index contributed by atoms with van der Waals surface area (Å²) in [6.07, 6.45) is 0.752. The molecule has 0 aromatic heterocycles. The van der Waals surface area contributed by atoms with Gasteiger partial charge in [0.2, 0.25) is 0 Å². The summed E-state index contributed by atoms with van der Waals surface area (Å²) in [4.78, 5) is 13.5. The van der Waals surface area contributed by atoms with E-state index in [2.05, 4.69) is 21.2 Å². The summed E-state index contributed by atoms with van der Waals surface area (Å²) in [7, 11) is 1.93. The van der Waals surface area contributed by atoms with E-state index in [1.54, 1.807) is 4.90 Å². The minimum Gasteiger partial charge on any atom is -0.449 e. The Balaban J connectivity index is 2.08. The number of hydrogen-bond donors (Lipinski definition) is 1. The van der Waals surface area contributed by atoms with Gasteiger partial charge < -0.3 is 10.1 Å². The predicted octanol–water partition coefficient (Wildman–Crippen LogP) is 2.63. The van der Waals surface area contributed by atoms with Crippen LogP contribution in [0.2, 0.25) is 0 Å². The van der Waals surface area contributed by atoms with E-state index in [9.17, 15) is 4.79 Å². The van der Waals surface area contributed by atoms with E-state index >= 15 is 0 Å². The van der Waals surface area contributed by atoms with Crippen molar-refractivity contribution in [3.63, 3.8) is 0 Å². The van der Waals surface area contributed by atoms with Gasteiger partial charge in [0.25, 0.3) is 0 Å². The fourth-order valence-corrected chi connectivity index (χ4v) is 2.42. The van der Waals surface area contributed by atoms with Crippen LogP contribution in [0.15, 0.2) is 28.7 Å². The molecular weight excluding hydrogens is 296 g/mol. The Morgan fingerprint density at radius 3 is 3.11 bits per heavy atom. The van der Waals surface area contributed by atoms with E-state index in [0.717, 1.165) is 29.7 Å². The van der Waals surface area contributed by atoms with Gasteiger partial charge in [-0.3, -0.25) is 4.90 Å². The standard InChI is InChI=1S/C13H17BrN2O2/c1-15-6-5-10-8-16(13(17)18-9-10)12-4-2-3-11(14)7-12/h2-4,7,10,15H,5-6,8-9H2,1H3. The maximum absolute atomic E-state index is 11.8. The van der Waals surface area contributed by atoms with Crippen molar-refractivity contribution in [1.82, 2.24) is 5.32 Å². The summed E-state index contributed by atoms with van der Waals surface area (Å²) in [6.45, 7) is 2.18. The molecule has 1 heterocycles. The van der Waals surface area contributed by atoms with Crippen molar-refractivity contribution >= 4 is 27.7 Å². The fourth-order valence-electron chi connectivity index (χ4n) is 2.03. The van der Waals surface area contributed by atoms with Crippen LogP contribution >= 0.6 is 15.9 Å². The molecule has 0 bridgehead atoms. The Hall–Kier alpha value is -1.07. The summed E-state index contributed by atoms with van der Waals surface area (Å²) < 4.78 is 6.20. The number of rotatable bonds is 4. The maximum Gasteiger partial charge on any atom is 0.414 e. The Labute approximate surface area is 115 Å². The van der Waals surface area contributed by atoms with Crippen molar-refractivity contribution in [2.75, 3.05) is 31.6 Å². The lowest BCUT2D eigenvalue weighted by molar-refractivity contribution is 0.112. The summed E-state index contributed by atoms with van der Waals surface area (Å²) in [5.74, 6) is 0.383. The highest BCUT2D eigenvalue weighted by molar-refractivity contribution is 9.10. The van der Waals surface area contributed by atoms with Crippen molar-refractivity contribution in [2.45, 2.75) is 6.42 Å². The Bertz CT molecular complexity index is 425. The van der Waals surface area contributed by atoms with E-state index in [0.29, 0.717) is 12.5 Å². The number of anilines is 1. The highest BCUT2D eigenvalue weighted by Gasteiger charge is 2.27. The first-order valence-electron chi connectivity index (χ1n) is 6.05. The molecule has 1 unspecified atom stereocenters. The number of amides is 1. The highest BCUT2D eigenvalue weighted by Crippen LogP contribution is 2.24. The molecule has 1 aliphatic rings. The van der Waals surface area contributed by atoms with E-state index in [1.165, 1.54) is 0 Å². The van der Waals surface area contributed by atoms with Crippen LogP contribution in [0.3, 0.4) is 0 Å². The molecule has 5 heteroatoms. The molecule has 1 saturated heterocycles. The molecule has 4 nitrogen and oxygen atoms in total. The van der Waals surface area contributed by atoms with Gasteiger partial charge in [-0.2, -0.15) is 0 Å². The molecule has 18 heavy (non-hydrogen) atoms. The average Bonchev–Trinajstić information content (AvgIpc) is 2.38. The van der Waals surface area contributed by atoms with Crippen LogP contribution in [0.1, 0.15) is 6.42 Å². The topological polar surface area (TPSA) is 41.6 Å². The van der Waals surface area contributed by atoms with Crippen LogP contribution in [0.4, 0.5) is 10.5 Å². The quantitative estimate of drug-likeness (QED) is 0.929. The van der Waals surface area contributed by atoms with E-state index < -0.39 is 0 Å². The van der Waals surface area contributed by atoms with Crippen LogP contribution in [-0.2, 0) is 4.74 Å². The van der Waals surface area contributed by atoms with Crippen LogP contribution < -0.4 is 10.2 Å². The average molecular weight is 313 g/mol. The van der Waals surface area contributed by atoms with Gasteiger partial charge >= 0.3 is 6.09 Å². The monoisotopic (exact) mass is 312 g/mol. The second-order valence-electron chi connectivity index (χ2n) is 4.43. The van der Waals surface area contributed by atoms with Crippen LogP contribution in [0.5, 0.6) is 0 Å². The molecule has 0 spiro atoms. The summed E-state index contributed by atoms with van der Waals surface area (Å²) >= 11 is 3.42. The number of benzene rings is 1. The van der Waals surface area contributed by atoms with E-state index in [1.807, 2.05) is 31.3 Å². The first-order valence-corrected chi connectivity index (χ1v) is 6.84. The first kappa shape index (κ1) is 13.4. The molecule has 1 amide bonds. The van der Waals surface area contributed by atoms with Crippen molar-refractivity contribution < 1.29 is 9.53 Å². The van der Waals surface area contributed by atoms with Gasteiger partial charge in [-0.15, -0.1) is 0 Å². The zero-order valence-corrected chi connectivity index (χ0v) is 11.9. The number of ether oxygens (including phenoxy) is 1. The number of hydrogen-bond acceptors (Lipinski definition) is 3. The number of cyclic esters (lactones) is 1. The molecule has 98 valence electrons. The molecule has 0 radical (unpaired) electrons. The van der Waals surface area contributed by atoms with Gasteiger partial charge in [0, 0.05) is 22.6 Å². The van der Waals surface area contributed by atoms with Crippen LogP contribution in [0, 0.1) is 5.92 Å². The van der Waals surface area contributed by atoms with E-state index in [-0.39, 0.29) is 6.09 Å². The predicted molar refractivity (Wildman–Crippen MR) is 74.9 cm³/mol. The van der Waals surface area contributed by atoms with Gasteiger partial charge in [0.05, 0.1) is 6.61 Å². The van der Waals surface area contributed by atoms with E-state index in [4.69, 9.17) is 4.74 Å². The third-order valence-electron chi connectivity index (χ3n) is 3.03. The summed E-state index contributed by atoms with van der Waals surface area (Å²) in [6, 6.07) is 7.72. The third-order valence-corrected chi connectivity index (χ3v) is 3.52.